The van der Waals surface area contributed by atoms with Crippen molar-refractivity contribution in [2.24, 2.45) is 5.41 Å². The van der Waals surface area contributed by atoms with Gasteiger partial charge in [0.05, 0.1) is 5.56 Å². The lowest BCUT2D eigenvalue weighted by molar-refractivity contribution is -0.130. The number of rotatable bonds is 4. The van der Waals surface area contributed by atoms with Gasteiger partial charge in [0.15, 0.2) is 11.5 Å². The first-order valence-electron chi connectivity index (χ1n) is 11.5. The second kappa shape index (κ2) is 8.57. The van der Waals surface area contributed by atoms with Gasteiger partial charge in [-0.2, -0.15) is 0 Å². The number of carbonyl (C=O) groups is 3. The van der Waals surface area contributed by atoms with Gasteiger partial charge in [-0.05, 0) is 50.7 Å². The number of anilines is 1. The Morgan fingerprint density at radius 2 is 1.69 bits per heavy atom. The summed E-state index contributed by atoms with van der Waals surface area (Å²) >= 11 is 0. The number of fused-ring (bicyclic) bond motifs is 1. The fourth-order valence-electron chi connectivity index (χ4n) is 4.79. The van der Waals surface area contributed by atoms with Crippen LogP contribution in [0.2, 0.25) is 0 Å². The van der Waals surface area contributed by atoms with Crippen molar-refractivity contribution < 1.29 is 18.8 Å². The molecular formula is C26H32N2O4. The van der Waals surface area contributed by atoms with Crippen LogP contribution in [0.15, 0.2) is 28.7 Å². The molecule has 0 N–H and O–H groups in total. The van der Waals surface area contributed by atoms with Crippen molar-refractivity contribution in [1.29, 1.82) is 0 Å². The molecule has 0 radical (unpaired) electrons. The minimum Gasteiger partial charge on any atom is -0.455 e. The molecule has 1 aromatic carbocycles. The molecule has 0 unspecified atom stereocenters. The summed E-state index contributed by atoms with van der Waals surface area (Å²) in [6, 6.07) is 7.55. The molecule has 6 nitrogen and oxygen atoms in total. The molecule has 0 spiro atoms. The van der Waals surface area contributed by atoms with Gasteiger partial charge < -0.3 is 9.32 Å². The number of aryl methyl sites for hydroxylation is 1. The van der Waals surface area contributed by atoms with Crippen LogP contribution in [0.1, 0.15) is 77.3 Å². The van der Waals surface area contributed by atoms with Gasteiger partial charge in [-0.25, -0.2) is 0 Å². The maximum atomic E-state index is 13.7. The van der Waals surface area contributed by atoms with Gasteiger partial charge in [-0.15, -0.1) is 0 Å². The SMILES string of the molecule is Cc1ccc(N(CC(=O)N2CCCCC2)C(=O)c2oc3c(c2C)C(=O)CC(C)(C)C3)cc1. The van der Waals surface area contributed by atoms with E-state index >= 15 is 0 Å². The van der Waals surface area contributed by atoms with Gasteiger partial charge in [0.2, 0.25) is 5.91 Å². The Hall–Kier alpha value is -2.89. The summed E-state index contributed by atoms with van der Waals surface area (Å²) in [5.41, 5.74) is 2.63. The van der Waals surface area contributed by atoms with Crippen molar-refractivity contribution in [2.45, 2.75) is 59.8 Å². The van der Waals surface area contributed by atoms with Crippen LogP contribution in [0, 0.1) is 19.3 Å². The molecule has 1 aliphatic heterocycles. The van der Waals surface area contributed by atoms with E-state index in [4.69, 9.17) is 4.42 Å². The summed E-state index contributed by atoms with van der Waals surface area (Å²) < 4.78 is 6.02. The zero-order valence-electron chi connectivity index (χ0n) is 19.5. The molecule has 6 heteroatoms. The Balaban J connectivity index is 1.68. The molecule has 0 atom stereocenters. The van der Waals surface area contributed by atoms with E-state index in [1.165, 1.54) is 4.90 Å². The third kappa shape index (κ3) is 4.36. The third-order valence-corrected chi connectivity index (χ3v) is 6.56. The van der Waals surface area contributed by atoms with Crippen LogP contribution in [0.4, 0.5) is 5.69 Å². The van der Waals surface area contributed by atoms with E-state index < -0.39 is 0 Å². The monoisotopic (exact) mass is 436 g/mol. The highest BCUT2D eigenvalue weighted by Crippen LogP contribution is 2.39. The molecule has 0 bridgehead atoms. The summed E-state index contributed by atoms with van der Waals surface area (Å²) in [6.07, 6.45) is 4.16. The molecule has 1 aromatic heterocycles. The Kier molecular flexibility index (Phi) is 5.97. The number of benzene rings is 1. The van der Waals surface area contributed by atoms with E-state index in [2.05, 4.69) is 0 Å². The maximum absolute atomic E-state index is 13.7. The Bertz CT molecular complexity index is 1040. The van der Waals surface area contributed by atoms with Crippen LogP contribution in [0.3, 0.4) is 0 Å². The fourth-order valence-corrected chi connectivity index (χ4v) is 4.79. The largest absolute Gasteiger partial charge is 0.455 e. The molecule has 1 fully saturated rings. The van der Waals surface area contributed by atoms with Gasteiger partial charge in [0, 0.05) is 37.2 Å². The maximum Gasteiger partial charge on any atom is 0.294 e. The quantitative estimate of drug-likeness (QED) is 0.696. The molecular weight excluding hydrogens is 404 g/mol. The standard InChI is InChI=1S/C26H32N2O4/c1-17-8-10-19(11-9-17)28(16-22(30)27-12-6-5-7-13-27)25(31)24-18(2)23-20(29)14-26(3,4)15-21(23)32-24/h8-11H,5-7,12-16H2,1-4H3. The molecule has 2 amide bonds. The summed E-state index contributed by atoms with van der Waals surface area (Å²) in [4.78, 5) is 42.9. The van der Waals surface area contributed by atoms with Gasteiger partial charge in [-0.1, -0.05) is 31.5 Å². The molecule has 2 heterocycles. The van der Waals surface area contributed by atoms with Crippen molar-refractivity contribution in [2.75, 3.05) is 24.5 Å². The van der Waals surface area contributed by atoms with Crippen molar-refractivity contribution >= 4 is 23.3 Å². The molecule has 1 saturated heterocycles. The van der Waals surface area contributed by atoms with Crippen molar-refractivity contribution in [3.05, 3.63) is 52.5 Å². The summed E-state index contributed by atoms with van der Waals surface area (Å²) in [7, 11) is 0. The molecule has 1 aliphatic carbocycles. The van der Waals surface area contributed by atoms with E-state index in [0.29, 0.717) is 35.4 Å². The van der Waals surface area contributed by atoms with Crippen molar-refractivity contribution in [1.82, 2.24) is 4.90 Å². The zero-order valence-corrected chi connectivity index (χ0v) is 19.5. The van der Waals surface area contributed by atoms with Crippen LogP contribution in [0.25, 0.3) is 0 Å². The van der Waals surface area contributed by atoms with E-state index in [-0.39, 0.29) is 35.3 Å². The van der Waals surface area contributed by atoms with E-state index in [0.717, 1.165) is 37.9 Å². The lowest BCUT2D eigenvalue weighted by Crippen LogP contribution is -2.45. The topological polar surface area (TPSA) is 70.8 Å². The summed E-state index contributed by atoms with van der Waals surface area (Å²) in [5.74, 6) is 0.315. The predicted molar refractivity (Wildman–Crippen MR) is 123 cm³/mol. The first kappa shape index (κ1) is 22.3. The minimum absolute atomic E-state index is 0.0165. The van der Waals surface area contributed by atoms with Gasteiger partial charge in [0.25, 0.3) is 5.91 Å². The van der Waals surface area contributed by atoms with Crippen LogP contribution in [-0.2, 0) is 11.2 Å². The Morgan fingerprint density at radius 3 is 2.34 bits per heavy atom. The molecule has 4 rings (SSSR count). The number of amides is 2. The number of nitrogens with zero attached hydrogens (tertiary/aromatic N) is 2. The first-order chi connectivity index (χ1) is 15.2. The van der Waals surface area contributed by atoms with E-state index in [9.17, 15) is 14.4 Å². The van der Waals surface area contributed by atoms with Crippen LogP contribution in [-0.4, -0.2) is 42.1 Å². The zero-order chi connectivity index (χ0) is 23.0. The summed E-state index contributed by atoms with van der Waals surface area (Å²) in [6.45, 7) is 9.22. The number of ketones is 1. The highest BCUT2D eigenvalue weighted by molar-refractivity contribution is 6.10. The van der Waals surface area contributed by atoms with Crippen LogP contribution < -0.4 is 4.90 Å². The third-order valence-electron chi connectivity index (χ3n) is 6.56. The molecule has 32 heavy (non-hydrogen) atoms. The highest BCUT2D eigenvalue weighted by Gasteiger charge is 2.38. The Labute approximate surface area is 189 Å². The lowest BCUT2D eigenvalue weighted by atomic mass is 9.76. The predicted octanol–water partition coefficient (Wildman–Crippen LogP) is 4.71. The lowest BCUT2D eigenvalue weighted by Gasteiger charge is -2.30. The van der Waals surface area contributed by atoms with Crippen LogP contribution >= 0.6 is 0 Å². The molecule has 2 aromatic rings. The van der Waals surface area contributed by atoms with Crippen LogP contribution in [0.5, 0.6) is 0 Å². The number of likely N-dealkylation sites (tertiary alicyclic amines) is 1. The second-order valence-electron chi connectivity index (χ2n) is 9.96. The number of furan rings is 1. The van der Waals surface area contributed by atoms with Gasteiger partial charge >= 0.3 is 0 Å². The van der Waals surface area contributed by atoms with E-state index in [1.807, 2.05) is 49.9 Å². The number of hydrogen-bond acceptors (Lipinski definition) is 4. The molecule has 170 valence electrons. The van der Waals surface area contributed by atoms with Crippen molar-refractivity contribution in [3.63, 3.8) is 0 Å². The average Bonchev–Trinajstić information content (AvgIpc) is 3.08. The normalized spacial score (nSPS) is 17.8. The van der Waals surface area contributed by atoms with Gasteiger partial charge in [-0.3, -0.25) is 19.3 Å². The summed E-state index contributed by atoms with van der Waals surface area (Å²) in [5, 5.41) is 0. The number of Topliss-reactive ketones (excluding diaryl/α,β-unsaturated/α-hetero) is 1. The van der Waals surface area contributed by atoms with E-state index in [1.54, 1.807) is 6.92 Å². The second-order valence-corrected chi connectivity index (χ2v) is 9.96. The average molecular weight is 437 g/mol. The number of piperidine rings is 1. The molecule has 2 aliphatic rings. The number of carbonyl (C=O) groups excluding carboxylic acids is 3. The highest BCUT2D eigenvalue weighted by atomic mass is 16.4. The first-order valence-corrected chi connectivity index (χ1v) is 11.5. The van der Waals surface area contributed by atoms with Crippen molar-refractivity contribution in [3.8, 4) is 0 Å². The number of hydrogen-bond donors (Lipinski definition) is 0. The fraction of sp³-hybridized carbons (Fsp3) is 0.500. The van der Waals surface area contributed by atoms with Gasteiger partial charge in [0.1, 0.15) is 12.3 Å². The minimum atomic E-state index is -0.378. The Morgan fingerprint density at radius 1 is 1.03 bits per heavy atom. The molecule has 0 saturated carbocycles. The smallest absolute Gasteiger partial charge is 0.294 e.